The van der Waals surface area contributed by atoms with Gasteiger partial charge in [0.15, 0.2) is 0 Å². The smallest absolute Gasteiger partial charge is 0.398 e. The lowest BCUT2D eigenvalue weighted by atomic mass is 9.99. The van der Waals surface area contributed by atoms with Crippen molar-refractivity contribution in [2.24, 2.45) is 0 Å². The maximum atomic E-state index is 12.9. The monoisotopic (exact) mass is 330 g/mol. The second kappa shape index (κ2) is 4.85. The number of nitrogen functional groups attached to an aromatic ring is 1. The van der Waals surface area contributed by atoms with Crippen molar-refractivity contribution in [3.8, 4) is 11.1 Å². The van der Waals surface area contributed by atoms with E-state index in [4.69, 9.17) is 5.73 Å². The summed E-state index contributed by atoms with van der Waals surface area (Å²) in [4.78, 5) is 3.99. The summed E-state index contributed by atoms with van der Waals surface area (Å²) in [6.07, 6.45) is -2.93. The highest BCUT2D eigenvalue weighted by molar-refractivity contribution is 9.10. The van der Waals surface area contributed by atoms with E-state index in [1.54, 1.807) is 12.1 Å². The zero-order valence-corrected chi connectivity index (χ0v) is 11.5. The van der Waals surface area contributed by atoms with Gasteiger partial charge in [0, 0.05) is 17.4 Å². The summed E-state index contributed by atoms with van der Waals surface area (Å²) in [5.41, 5.74) is 6.08. The van der Waals surface area contributed by atoms with Gasteiger partial charge in [0.25, 0.3) is 0 Å². The molecule has 0 bridgehead atoms. The molecule has 100 valence electrons. The highest BCUT2D eigenvalue weighted by Gasteiger charge is 2.33. The Bertz CT molecular complexity index is 607. The van der Waals surface area contributed by atoms with Crippen molar-refractivity contribution in [3.63, 3.8) is 0 Å². The van der Waals surface area contributed by atoms with Gasteiger partial charge in [0.05, 0.1) is 5.56 Å². The number of hydrogen-bond acceptors (Lipinski definition) is 2. The Morgan fingerprint density at radius 1 is 1.16 bits per heavy atom. The van der Waals surface area contributed by atoms with E-state index in [2.05, 4.69) is 20.9 Å². The molecule has 0 atom stereocenters. The van der Waals surface area contributed by atoms with Gasteiger partial charge in [-0.2, -0.15) is 13.2 Å². The fourth-order valence-electron chi connectivity index (χ4n) is 1.74. The first-order chi connectivity index (χ1) is 8.79. The number of anilines is 1. The fraction of sp³-hybridized carbons (Fsp3) is 0.154. The topological polar surface area (TPSA) is 38.9 Å². The minimum atomic E-state index is -4.42. The second-order valence-corrected chi connectivity index (χ2v) is 4.92. The normalized spacial score (nSPS) is 11.6. The van der Waals surface area contributed by atoms with Crippen LogP contribution in [0, 0.1) is 6.92 Å². The Hall–Kier alpha value is -1.56. The molecule has 0 aliphatic carbocycles. The van der Waals surface area contributed by atoms with Gasteiger partial charge in [-0.3, -0.25) is 0 Å². The number of nitrogens with zero attached hydrogens (tertiary/aromatic N) is 1. The van der Waals surface area contributed by atoms with Gasteiger partial charge in [0.1, 0.15) is 4.60 Å². The molecule has 0 saturated heterocycles. The Kier molecular flexibility index (Phi) is 3.54. The summed E-state index contributed by atoms with van der Waals surface area (Å²) in [5, 5.41) is 0. The Morgan fingerprint density at radius 3 is 2.37 bits per heavy atom. The van der Waals surface area contributed by atoms with E-state index in [0.717, 1.165) is 6.07 Å². The highest BCUT2D eigenvalue weighted by Crippen LogP contribution is 2.37. The molecule has 0 radical (unpaired) electrons. The lowest BCUT2D eigenvalue weighted by molar-refractivity contribution is -0.137. The van der Waals surface area contributed by atoms with E-state index in [0.29, 0.717) is 15.7 Å². The molecular weight excluding hydrogens is 321 g/mol. The molecule has 2 aromatic rings. The van der Waals surface area contributed by atoms with Crippen LogP contribution in [0.15, 0.2) is 35.1 Å². The maximum absolute atomic E-state index is 12.9. The Morgan fingerprint density at radius 2 is 1.84 bits per heavy atom. The van der Waals surface area contributed by atoms with E-state index < -0.39 is 11.7 Å². The van der Waals surface area contributed by atoms with Crippen LogP contribution in [0.3, 0.4) is 0 Å². The number of aromatic nitrogens is 1. The molecule has 1 aromatic carbocycles. The first-order valence-electron chi connectivity index (χ1n) is 5.38. The predicted octanol–water partition coefficient (Wildman–Crippen LogP) is 4.42. The summed E-state index contributed by atoms with van der Waals surface area (Å²) in [6, 6.07) is 5.96. The van der Waals surface area contributed by atoms with Crippen LogP contribution in [0.25, 0.3) is 11.1 Å². The third-order valence-corrected chi connectivity index (χ3v) is 3.28. The number of nitrogens with two attached hydrogens (primary N) is 1. The van der Waals surface area contributed by atoms with Gasteiger partial charge >= 0.3 is 6.18 Å². The molecule has 0 unspecified atom stereocenters. The van der Waals surface area contributed by atoms with Gasteiger partial charge in [-0.15, -0.1) is 0 Å². The minimum Gasteiger partial charge on any atom is -0.398 e. The van der Waals surface area contributed by atoms with Crippen LogP contribution in [-0.2, 0) is 6.18 Å². The van der Waals surface area contributed by atoms with Crippen molar-refractivity contribution in [1.29, 1.82) is 0 Å². The van der Waals surface area contributed by atoms with E-state index in [-0.39, 0.29) is 11.3 Å². The van der Waals surface area contributed by atoms with Crippen LogP contribution in [0.1, 0.15) is 11.1 Å². The molecule has 1 heterocycles. The maximum Gasteiger partial charge on any atom is 0.416 e. The lowest BCUT2D eigenvalue weighted by Crippen LogP contribution is -2.09. The van der Waals surface area contributed by atoms with Crippen LogP contribution >= 0.6 is 15.9 Å². The van der Waals surface area contributed by atoms with Crippen LogP contribution in [0.5, 0.6) is 0 Å². The van der Waals surface area contributed by atoms with Crippen molar-refractivity contribution in [2.75, 3.05) is 5.73 Å². The van der Waals surface area contributed by atoms with E-state index in [1.165, 1.54) is 19.2 Å². The largest absolute Gasteiger partial charge is 0.416 e. The van der Waals surface area contributed by atoms with Gasteiger partial charge in [-0.1, -0.05) is 6.07 Å². The highest BCUT2D eigenvalue weighted by atomic mass is 79.9. The third kappa shape index (κ3) is 2.89. The molecule has 2 rings (SSSR count). The molecule has 0 spiro atoms. The lowest BCUT2D eigenvalue weighted by Gasteiger charge is -2.14. The molecule has 0 saturated carbocycles. The quantitative estimate of drug-likeness (QED) is 0.621. The zero-order chi connectivity index (χ0) is 14.2. The fourth-order valence-corrected chi connectivity index (χ4v) is 1.98. The van der Waals surface area contributed by atoms with Crippen LogP contribution in [-0.4, -0.2) is 4.98 Å². The molecule has 0 aliphatic heterocycles. The summed E-state index contributed by atoms with van der Waals surface area (Å²) in [6.45, 7) is 1.36. The molecule has 19 heavy (non-hydrogen) atoms. The molecule has 1 aromatic heterocycles. The predicted molar refractivity (Wildman–Crippen MR) is 71.5 cm³/mol. The zero-order valence-electron chi connectivity index (χ0n) is 9.92. The summed E-state index contributed by atoms with van der Waals surface area (Å²) in [5.74, 6) is 0. The molecule has 0 aliphatic rings. The number of rotatable bonds is 1. The number of hydrogen-bond donors (Lipinski definition) is 1. The van der Waals surface area contributed by atoms with Crippen molar-refractivity contribution >= 4 is 21.6 Å². The molecule has 0 amide bonds. The van der Waals surface area contributed by atoms with Crippen molar-refractivity contribution < 1.29 is 13.2 Å². The van der Waals surface area contributed by atoms with E-state index in [9.17, 15) is 13.2 Å². The van der Waals surface area contributed by atoms with Gasteiger partial charge in [-0.25, -0.2) is 4.98 Å². The Labute approximate surface area is 116 Å². The molecule has 0 fully saturated rings. The Balaban J connectivity index is 2.60. The SMILES string of the molecule is Cc1c(N)cc(-c2ccc(Br)nc2)cc1C(F)(F)F. The summed E-state index contributed by atoms with van der Waals surface area (Å²) < 4.78 is 39.3. The van der Waals surface area contributed by atoms with Gasteiger partial charge < -0.3 is 5.73 Å². The standard InChI is InChI=1S/C13H10BrF3N2/c1-7-10(13(15,16)17)4-9(5-11(7)18)8-2-3-12(14)19-6-8/h2-6H,18H2,1H3. The van der Waals surface area contributed by atoms with Crippen LogP contribution in [0.2, 0.25) is 0 Å². The first kappa shape index (κ1) is 13.9. The van der Waals surface area contributed by atoms with Crippen molar-refractivity contribution in [2.45, 2.75) is 13.1 Å². The third-order valence-electron chi connectivity index (χ3n) is 2.81. The van der Waals surface area contributed by atoms with Gasteiger partial charge in [0.2, 0.25) is 0 Å². The van der Waals surface area contributed by atoms with E-state index >= 15 is 0 Å². The average Bonchev–Trinajstić information content (AvgIpc) is 2.32. The molecule has 2 nitrogen and oxygen atoms in total. The summed E-state index contributed by atoms with van der Waals surface area (Å²) >= 11 is 3.17. The molecule has 2 N–H and O–H groups in total. The van der Waals surface area contributed by atoms with Crippen LogP contribution < -0.4 is 5.73 Å². The van der Waals surface area contributed by atoms with Crippen molar-refractivity contribution in [1.82, 2.24) is 4.98 Å². The summed E-state index contributed by atoms with van der Waals surface area (Å²) in [7, 11) is 0. The van der Waals surface area contributed by atoms with Crippen molar-refractivity contribution in [3.05, 3.63) is 46.2 Å². The number of halogens is 4. The van der Waals surface area contributed by atoms with Gasteiger partial charge in [-0.05, 0) is 52.2 Å². The van der Waals surface area contributed by atoms with Crippen LogP contribution in [0.4, 0.5) is 18.9 Å². The molecule has 6 heteroatoms. The second-order valence-electron chi connectivity index (χ2n) is 4.11. The average molecular weight is 331 g/mol. The minimum absolute atomic E-state index is 0.0429. The first-order valence-corrected chi connectivity index (χ1v) is 6.17. The number of pyridine rings is 1. The number of benzene rings is 1. The molecular formula is C13H10BrF3N2. The van der Waals surface area contributed by atoms with E-state index in [1.807, 2.05) is 0 Å². The number of alkyl halides is 3.